The zero-order chi connectivity index (χ0) is 13.8. The molecule has 4 heteroatoms. The minimum absolute atomic E-state index is 0.848. The molecule has 0 unspecified atom stereocenters. The van der Waals surface area contributed by atoms with Gasteiger partial charge in [-0.05, 0) is 28.4 Å². The highest BCUT2D eigenvalue weighted by Gasteiger charge is 2.17. The average molecular weight is 329 g/mol. The van der Waals surface area contributed by atoms with E-state index in [1.807, 2.05) is 24.3 Å². The first-order chi connectivity index (χ1) is 9.86. The van der Waals surface area contributed by atoms with Crippen molar-refractivity contribution >= 4 is 47.0 Å². The normalized spacial score (nSPS) is 16.6. The Morgan fingerprint density at radius 1 is 0.850 bits per heavy atom. The van der Waals surface area contributed by atoms with Gasteiger partial charge in [0.05, 0.1) is 13.4 Å². The predicted molar refractivity (Wildman–Crippen MR) is 95.9 cm³/mol. The molecule has 2 aliphatic heterocycles. The van der Waals surface area contributed by atoms with Gasteiger partial charge in [0.15, 0.2) is 0 Å². The maximum Gasteiger partial charge on any atom is 0.0707 e. The zero-order valence-electron chi connectivity index (χ0n) is 10.3. The molecule has 0 saturated heterocycles. The Hall–Kier alpha value is -1.04. The number of hydrogen-bond donors (Lipinski definition) is 0. The Bertz CT molecular complexity index is 726. The van der Waals surface area contributed by atoms with Crippen molar-refractivity contribution in [2.45, 2.75) is 0 Å². The number of terminal acetylenes is 1. The second-order valence-corrected chi connectivity index (χ2v) is 8.01. The number of allylic oxidation sites excluding steroid dienone is 1. The van der Waals surface area contributed by atoms with E-state index in [2.05, 4.69) is 34.0 Å². The lowest BCUT2D eigenvalue weighted by Crippen LogP contribution is -1.81. The van der Waals surface area contributed by atoms with Crippen molar-refractivity contribution in [3.05, 3.63) is 65.0 Å². The van der Waals surface area contributed by atoms with Gasteiger partial charge in [-0.15, -0.1) is 6.42 Å². The van der Waals surface area contributed by atoms with Crippen LogP contribution in [0, 0.1) is 24.2 Å². The summed E-state index contributed by atoms with van der Waals surface area (Å²) in [5.41, 5.74) is 1.76. The molecule has 0 aliphatic carbocycles. The highest BCUT2D eigenvalue weighted by Crippen LogP contribution is 2.52. The fourth-order valence-electron chi connectivity index (χ4n) is 1.55. The molecule has 96 valence electrons. The molecule has 3 rings (SSSR count). The minimum Gasteiger partial charge on any atom is -0.115 e. The van der Waals surface area contributed by atoms with E-state index in [9.17, 15) is 0 Å². The van der Waals surface area contributed by atoms with E-state index >= 15 is 0 Å². The summed E-state index contributed by atoms with van der Waals surface area (Å²) in [5.74, 6) is 9.05. The van der Waals surface area contributed by atoms with Gasteiger partial charge in [-0.3, -0.25) is 0 Å². The number of thioether (sulfide) groups is 4. The van der Waals surface area contributed by atoms with E-state index in [1.54, 1.807) is 47.0 Å². The standard InChI is InChI=1S/C16H8S4/c1-2-12-5-3-4-6-13(12)7-8-14-11-19-16(20-14)15-17-9-10-18-15/h1,3-6,9-11H. The number of rotatable bonds is 0. The summed E-state index contributed by atoms with van der Waals surface area (Å²) in [5, 5.41) is 6.33. The maximum absolute atomic E-state index is 5.48. The topological polar surface area (TPSA) is 0 Å². The Kier molecular flexibility index (Phi) is 4.60. The second kappa shape index (κ2) is 6.61. The predicted octanol–water partition coefficient (Wildman–Crippen LogP) is 5.42. The Labute approximate surface area is 135 Å². The van der Waals surface area contributed by atoms with Gasteiger partial charge in [-0.2, -0.15) is 0 Å². The van der Waals surface area contributed by atoms with Crippen LogP contribution in [0.4, 0.5) is 0 Å². The SMILES string of the molecule is C#Cc1ccccc1C#CC1=CSC(=C2SC=CS2)S1. The third-order valence-electron chi connectivity index (χ3n) is 2.45. The molecule has 0 radical (unpaired) electrons. The lowest BCUT2D eigenvalue weighted by Gasteiger charge is -1.98. The van der Waals surface area contributed by atoms with E-state index in [-0.39, 0.29) is 0 Å². The van der Waals surface area contributed by atoms with E-state index in [0.29, 0.717) is 0 Å². The van der Waals surface area contributed by atoms with Crippen LogP contribution in [0.5, 0.6) is 0 Å². The Balaban J connectivity index is 1.76. The summed E-state index contributed by atoms with van der Waals surface area (Å²) in [7, 11) is 0. The molecular weight excluding hydrogens is 320 g/mol. The van der Waals surface area contributed by atoms with Crippen LogP contribution in [0.3, 0.4) is 0 Å². The Morgan fingerprint density at radius 2 is 1.60 bits per heavy atom. The van der Waals surface area contributed by atoms with Gasteiger partial charge >= 0.3 is 0 Å². The molecule has 2 aliphatic rings. The van der Waals surface area contributed by atoms with E-state index in [1.165, 1.54) is 8.47 Å². The fourth-order valence-corrected chi connectivity index (χ4v) is 5.80. The third-order valence-corrected chi connectivity index (χ3v) is 7.39. The van der Waals surface area contributed by atoms with Crippen molar-refractivity contribution < 1.29 is 0 Å². The highest BCUT2D eigenvalue weighted by atomic mass is 32.2. The zero-order valence-corrected chi connectivity index (χ0v) is 13.5. The highest BCUT2D eigenvalue weighted by molar-refractivity contribution is 8.33. The summed E-state index contributed by atoms with van der Waals surface area (Å²) in [6, 6.07) is 7.77. The molecular formula is C16H8S4. The van der Waals surface area contributed by atoms with Gasteiger partial charge in [0.25, 0.3) is 0 Å². The number of hydrogen-bond acceptors (Lipinski definition) is 4. The first kappa shape index (κ1) is 13.9. The lowest BCUT2D eigenvalue weighted by molar-refractivity contribution is 1.59. The molecule has 0 nitrogen and oxygen atoms in total. The van der Waals surface area contributed by atoms with Crippen molar-refractivity contribution in [3.8, 4) is 24.2 Å². The molecule has 0 fully saturated rings. The smallest absolute Gasteiger partial charge is 0.0707 e. The van der Waals surface area contributed by atoms with Gasteiger partial charge in [0.1, 0.15) is 0 Å². The largest absolute Gasteiger partial charge is 0.115 e. The molecule has 0 aromatic heterocycles. The summed E-state index contributed by atoms with van der Waals surface area (Å²) in [4.78, 5) is 1.08. The molecule has 2 heterocycles. The molecule has 0 N–H and O–H groups in total. The van der Waals surface area contributed by atoms with Gasteiger partial charge in [-0.1, -0.05) is 76.9 Å². The van der Waals surface area contributed by atoms with Crippen LogP contribution in [0.1, 0.15) is 11.1 Å². The third kappa shape index (κ3) is 3.16. The first-order valence-electron chi connectivity index (χ1n) is 5.72. The van der Waals surface area contributed by atoms with Crippen molar-refractivity contribution in [1.82, 2.24) is 0 Å². The van der Waals surface area contributed by atoms with Gasteiger partial charge in [0, 0.05) is 11.1 Å². The van der Waals surface area contributed by atoms with Crippen molar-refractivity contribution in [3.63, 3.8) is 0 Å². The van der Waals surface area contributed by atoms with E-state index in [0.717, 1.165) is 16.0 Å². The van der Waals surface area contributed by atoms with E-state index in [4.69, 9.17) is 6.42 Å². The molecule has 0 amide bonds. The lowest BCUT2D eigenvalue weighted by atomic mass is 10.1. The van der Waals surface area contributed by atoms with Crippen molar-refractivity contribution in [2.75, 3.05) is 0 Å². The van der Waals surface area contributed by atoms with Crippen LogP contribution in [0.25, 0.3) is 0 Å². The van der Waals surface area contributed by atoms with Crippen LogP contribution in [0.2, 0.25) is 0 Å². The quantitative estimate of drug-likeness (QED) is 0.583. The molecule has 0 bridgehead atoms. The molecule has 0 spiro atoms. The molecule has 1 aromatic carbocycles. The minimum atomic E-state index is 0.848. The molecule has 1 aromatic rings. The summed E-state index contributed by atoms with van der Waals surface area (Å²) in [6.07, 6.45) is 5.48. The van der Waals surface area contributed by atoms with Crippen molar-refractivity contribution in [1.29, 1.82) is 0 Å². The first-order valence-corrected chi connectivity index (χ1v) is 9.17. The molecule has 20 heavy (non-hydrogen) atoms. The summed E-state index contributed by atoms with van der Waals surface area (Å²) < 4.78 is 2.66. The Morgan fingerprint density at radius 3 is 2.35 bits per heavy atom. The van der Waals surface area contributed by atoms with Gasteiger partial charge in [0.2, 0.25) is 0 Å². The van der Waals surface area contributed by atoms with Crippen molar-refractivity contribution in [2.24, 2.45) is 0 Å². The van der Waals surface area contributed by atoms with Gasteiger partial charge in [-0.25, -0.2) is 0 Å². The summed E-state index contributed by atoms with van der Waals surface area (Å²) in [6.45, 7) is 0. The van der Waals surface area contributed by atoms with Crippen LogP contribution in [-0.4, -0.2) is 0 Å². The fraction of sp³-hybridized carbons (Fsp3) is 0. The summed E-state index contributed by atoms with van der Waals surface area (Å²) >= 11 is 7.04. The van der Waals surface area contributed by atoms with Crippen LogP contribution < -0.4 is 0 Å². The second-order valence-electron chi connectivity index (χ2n) is 3.72. The number of benzene rings is 1. The van der Waals surface area contributed by atoms with Gasteiger partial charge < -0.3 is 0 Å². The maximum atomic E-state index is 5.48. The van der Waals surface area contributed by atoms with E-state index < -0.39 is 0 Å². The van der Waals surface area contributed by atoms with Crippen LogP contribution in [0.15, 0.2) is 53.9 Å². The average Bonchev–Trinajstić information content (AvgIpc) is 3.16. The molecule has 0 atom stereocenters. The van der Waals surface area contributed by atoms with Crippen LogP contribution >= 0.6 is 47.0 Å². The van der Waals surface area contributed by atoms with Crippen LogP contribution in [-0.2, 0) is 0 Å². The molecule has 0 saturated carbocycles. The monoisotopic (exact) mass is 328 g/mol.